The number of rotatable bonds is 5. The van der Waals surface area contributed by atoms with E-state index in [1.54, 1.807) is 16.8 Å². The second kappa shape index (κ2) is 6.12. The van der Waals surface area contributed by atoms with E-state index in [1.807, 2.05) is 13.0 Å². The van der Waals surface area contributed by atoms with Crippen LogP contribution in [0.1, 0.15) is 54.3 Å². The lowest BCUT2D eigenvalue weighted by Gasteiger charge is -2.11. The average Bonchev–Trinajstić information content (AvgIpc) is 2.75. The summed E-state index contributed by atoms with van der Waals surface area (Å²) in [7, 11) is 0. The molecule has 4 nitrogen and oxygen atoms in total. The van der Waals surface area contributed by atoms with Crippen molar-refractivity contribution in [3.8, 4) is 5.75 Å². The van der Waals surface area contributed by atoms with E-state index in [9.17, 15) is 9.59 Å². The van der Waals surface area contributed by atoms with Gasteiger partial charge in [-0.25, -0.2) is 0 Å². The maximum absolute atomic E-state index is 11.8. The Balaban J connectivity index is 2.59. The van der Waals surface area contributed by atoms with Crippen LogP contribution in [0.15, 0.2) is 18.3 Å². The summed E-state index contributed by atoms with van der Waals surface area (Å²) in [5, 5.41) is 0.915. The van der Waals surface area contributed by atoms with Crippen molar-refractivity contribution in [1.82, 2.24) is 4.57 Å². The number of hydrogen-bond donors (Lipinski definition) is 0. The van der Waals surface area contributed by atoms with E-state index in [0.29, 0.717) is 17.9 Å². The average molecular weight is 287 g/mol. The summed E-state index contributed by atoms with van der Waals surface area (Å²) in [4.78, 5) is 23.6. The van der Waals surface area contributed by atoms with Crippen LogP contribution in [0.2, 0.25) is 0 Å². The summed E-state index contributed by atoms with van der Waals surface area (Å²) in [5.74, 6) is 0.477. The van der Waals surface area contributed by atoms with Gasteiger partial charge < -0.3 is 4.74 Å². The molecule has 0 aliphatic heterocycles. The number of nitrogens with zero attached hydrogens (tertiary/aromatic N) is 1. The zero-order chi connectivity index (χ0) is 15.6. The van der Waals surface area contributed by atoms with Crippen LogP contribution in [-0.2, 0) is 0 Å². The summed E-state index contributed by atoms with van der Waals surface area (Å²) in [5.41, 5.74) is 2.34. The summed E-state index contributed by atoms with van der Waals surface area (Å²) in [6.45, 7) is 7.65. The molecule has 0 aliphatic carbocycles. The molecule has 2 rings (SSSR count). The first kappa shape index (κ1) is 15.3. The fourth-order valence-corrected chi connectivity index (χ4v) is 2.40. The molecule has 4 heteroatoms. The van der Waals surface area contributed by atoms with Crippen LogP contribution in [0.4, 0.5) is 0 Å². The molecule has 0 spiro atoms. The van der Waals surface area contributed by atoms with Crippen LogP contribution in [-0.4, -0.2) is 22.9 Å². The Labute approximate surface area is 124 Å². The molecule has 0 saturated heterocycles. The third-order valence-electron chi connectivity index (χ3n) is 3.58. The van der Waals surface area contributed by atoms with Crippen molar-refractivity contribution < 1.29 is 14.3 Å². The maximum atomic E-state index is 11.8. The maximum Gasteiger partial charge on any atom is 0.227 e. The number of ether oxygens (including phenoxy) is 1. The van der Waals surface area contributed by atoms with Crippen molar-refractivity contribution in [2.45, 2.75) is 40.5 Å². The molecule has 0 atom stereocenters. The van der Waals surface area contributed by atoms with Gasteiger partial charge in [-0.3, -0.25) is 14.2 Å². The van der Waals surface area contributed by atoms with Crippen LogP contribution < -0.4 is 4.74 Å². The molecule has 1 aromatic heterocycles. The van der Waals surface area contributed by atoms with E-state index in [0.717, 1.165) is 29.3 Å². The van der Waals surface area contributed by atoms with Gasteiger partial charge in [-0.15, -0.1) is 0 Å². The number of aromatic nitrogens is 1. The second-order valence-electron chi connectivity index (χ2n) is 5.32. The van der Waals surface area contributed by atoms with Gasteiger partial charge in [0.05, 0.1) is 17.7 Å². The van der Waals surface area contributed by atoms with E-state index < -0.39 is 0 Å². The zero-order valence-corrected chi connectivity index (χ0v) is 13.0. The Bertz CT molecular complexity index is 698. The number of hydrogen-bond acceptors (Lipinski definition) is 3. The van der Waals surface area contributed by atoms with Gasteiger partial charge in [-0.1, -0.05) is 13.3 Å². The van der Waals surface area contributed by atoms with Crippen molar-refractivity contribution in [2.24, 2.45) is 0 Å². The van der Waals surface area contributed by atoms with Crippen LogP contribution in [0.5, 0.6) is 5.75 Å². The Morgan fingerprint density at radius 2 is 1.95 bits per heavy atom. The first-order valence-electron chi connectivity index (χ1n) is 7.26. The number of ketones is 1. The summed E-state index contributed by atoms with van der Waals surface area (Å²) in [6, 6.07) is 3.63. The van der Waals surface area contributed by atoms with Crippen LogP contribution in [0.3, 0.4) is 0 Å². The highest BCUT2D eigenvalue weighted by atomic mass is 16.5. The van der Waals surface area contributed by atoms with Gasteiger partial charge >= 0.3 is 0 Å². The van der Waals surface area contributed by atoms with Gasteiger partial charge in [0.1, 0.15) is 5.75 Å². The molecule has 0 amide bonds. The normalized spacial score (nSPS) is 10.9. The Kier molecular flexibility index (Phi) is 4.46. The number of unbranched alkanes of at least 4 members (excludes halogenated alkanes) is 1. The highest BCUT2D eigenvalue weighted by molar-refractivity contribution is 6.03. The number of carbonyl (C=O) groups excluding carboxylic acids is 2. The monoisotopic (exact) mass is 287 g/mol. The van der Waals surface area contributed by atoms with Crippen molar-refractivity contribution in [3.63, 3.8) is 0 Å². The van der Waals surface area contributed by atoms with Crippen LogP contribution in [0.25, 0.3) is 10.9 Å². The minimum Gasteiger partial charge on any atom is -0.493 e. The zero-order valence-electron chi connectivity index (χ0n) is 13.0. The number of carbonyl (C=O) groups is 2. The van der Waals surface area contributed by atoms with Crippen molar-refractivity contribution in [3.05, 3.63) is 29.5 Å². The molecule has 0 saturated carbocycles. The van der Waals surface area contributed by atoms with E-state index in [4.69, 9.17) is 4.74 Å². The summed E-state index contributed by atoms with van der Waals surface area (Å²) >= 11 is 0. The minimum absolute atomic E-state index is 0.0293. The van der Waals surface area contributed by atoms with E-state index in [-0.39, 0.29) is 11.7 Å². The Morgan fingerprint density at radius 3 is 2.52 bits per heavy atom. The minimum atomic E-state index is -0.0526. The molecule has 1 heterocycles. The van der Waals surface area contributed by atoms with Gasteiger partial charge in [0, 0.05) is 24.6 Å². The highest BCUT2D eigenvalue weighted by Crippen LogP contribution is 2.30. The molecule has 0 unspecified atom stereocenters. The second-order valence-corrected chi connectivity index (χ2v) is 5.32. The smallest absolute Gasteiger partial charge is 0.227 e. The topological polar surface area (TPSA) is 48.3 Å². The predicted octanol–water partition coefficient (Wildman–Crippen LogP) is 3.99. The first-order chi connectivity index (χ1) is 9.95. The van der Waals surface area contributed by atoms with Crippen molar-refractivity contribution >= 4 is 22.6 Å². The highest BCUT2D eigenvalue weighted by Gasteiger charge is 2.16. The van der Waals surface area contributed by atoms with Gasteiger partial charge in [0.15, 0.2) is 5.78 Å². The lowest BCUT2D eigenvalue weighted by Crippen LogP contribution is -2.06. The third kappa shape index (κ3) is 2.99. The van der Waals surface area contributed by atoms with Crippen LogP contribution in [0, 0.1) is 6.92 Å². The number of benzene rings is 1. The van der Waals surface area contributed by atoms with Crippen LogP contribution >= 0.6 is 0 Å². The van der Waals surface area contributed by atoms with Gasteiger partial charge in [0.2, 0.25) is 5.91 Å². The molecular weight excluding hydrogens is 266 g/mol. The molecule has 112 valence electrons. The quantitative estimate of drug-likeness (QED) is 0.617. The van der Waals surface area contributed by atoms with Crippen molar-refractivity contribution in [2.75, 3.05) is 6.61 Å². The van der Waals surface area contributed by atoms with E-state index in [1.165, 1.54) is 13.8 Å². The Hall–Kier alpha value is -2.10. The molecule has 21 heavy (non-hydrogen) atoms. The largest absolute Gasteiger partial charge is 0.493 e. The standard InChI is InChI=1S/C17H21NO3/c1-5-6-7-21-17-9-16-14(8-15(17)12(3)19)11(2)10-18(16)13(4)20/h8-10H,5-7H2,1-4H3. The molecule has 0 aliphatic rings. The Morgan fingerprint density at radius 1 is 1.24 bits per heavy atom. The van der Waals surface area contributed by atoms with E-state index >= 15 is 0 Å². The molecule has 0 bridgehead atoms. The summed E-state index contributed by atoms with van der Waals surface area (Å²) < 4.78 is 7.34. The molecule has 0 radical (unpaired) electrons. The number of aryl methyl sites for hydroxylation is 1. The molecule has 0 fully saturated rings. The predicted molar refractivity (Wildman–Crippen MR) is 83.4 cm³/mol. The SMILES string of the molecule is CCCCOc1cc2c(cc1C(C)=O)c(C)cn2C(C)=O. The lowest BCUT2D eigenvalue weighted by molar-refractivity contribution is 0.0941. The fourth-order valence-electron chi connectivity index (χ4n) is 2.40. The molecule has 1 aromatic carbocycles. The lowest BCUT2D eigenvalue weighted by atomic mass is 10.1. The third-order valence-corrected chi connectivity index (χ3v) is 3.58. The fraction of sp³-hybridized carbons (Fsp3) is 0.412. The van der Waals surface area contributed by atoms with E-state index in [2.05, 4.69) is 6.92 Å². The molecule has 0 N–H and O–H groups in total. The number of fused-ring (bicyclic) bond motifs is 1. The molecule has 2 aromatic rings. The molecular formula is C17H21NO3. The number of Topliss-reactive ketones (excluding diaryl/α,β-unsaturated/α-hetero) is 1. The summed E-state index contributed by atoms with van der Waals surface area (Å²) in [6.07, 6.45) is 3.76. The van der Waals surface area contributed by atoms with Crippen molar-refractivity contribution in [1.29, 1.82) is 0 Å². The van der Waals surface area contributed by atoms with Gasteiger partial charge in [-0.05, 0) is 31.9 Å². The first-order valence-corrected chi connectivity index (χ1v) is 7.26. The van der Waals surface area contributed by atoms with Gasteiger partial charge in [-0.2, -0.15) is 0 Å². The van der Waals surface area contributed by atoms with Gasteiger partial charge in [0.25, 0.3) is 0 Å².